The first-order valence-corrected chi connectivity index (χ1v) is 11.2. The fourth-order valence-electron chi connectivity index (χ4n) is 2.92. The maximum absolute atomic E-state index is 2.62. The van der Waals surface area contributed by atoms with E-state index in [1.165, 1.54) is 25.1 Å². The molecule has 0 spiro atoms. The third-order valence-electron chi connectivity index (χ3n) is 4.48. The summed E-state index contributed by atoms with van der Waals surface area (Å²) in [6, 6.07) is 9.40. The summed E-state index contributed by atoms with van der Waals surface area (Å²) in [5, 5.41) is 1.57. The Hall–Kier alpha value is -0.603. The first-order valence-electron chi connectivity index (χ1n) is 7.68. The van der Waals surface area contributed by atoms with Gasteiger partial charge in [-0.05, 0) is 30.4 Å². The molecule has 2 rings (SSSR count). The lowest BCUT2D eigenvalue weighted by atomic mass is 9.95. The molecule has 1 atom stereocenters. The molecule has 1 aromatic carbocycles. The van der Waals surface area contributed by atoms with Gasteiger partial charge in [0.2, 0.25) is 0 Å². The van der Waals surface area contributed by atoms with Crippen LogP contribution in [0.5, 0.6) is 0 Å². The van der Waals surface area contributed by atoms with Gasteiger partial charge in [-0.3, -0.25) is 4.90 Å². The van der Waals surface area contributed by atoms with Crippen LogP contribution in [0.1, 0.15) is 25.8 Å². The number of hydrogen-bond acceptors (Lipinski definition) is 1. The fraction of sp³-hybridized carbons (Fsp3) is 0.647. The lowest BCUT2D eigenvalue weighted by molar-refractivity contribution is 0.297. The first kappa shape index (κ1) is 14.8. The summed E-state index contributed by atoms with van der Waals surface area (Å²) in [6.45, 7) is 15.6. The Labute approximate surface area is 120 Å². The largest absolute Gasteiger partial charge is 0.299 e. The van der Waals surface area contributed by atoms with Crippen molar-refractivity contribution in [2.75, 3.05) is 13.1 Å². The highest BCUT2D eigenvalue weighted by Crippen LogP contribution is 2.24. The smallest absolute Gasteiger partial charge is 0.0775 e. The Morgan fingerprint density at radius 1 is 1.16 bits per heavy atom. The normalized spacial score (nSPS) is 21.3. The quantitative estimate of drug-likeness (QED) is 0.757. The molecule has 1 aromatic rings. The maximum Gasteiger partial charge on any atom is 0.0775 e. The Balaban J connectivity index is 1.94. The first-order chi connectivity index (χ1) is 8.86. The molecule has 0 amide bonds. The van der Waals surface area contributed by atoms with Gasteiger partial charge in [-0.1, -0.05) is 62.9 Å². The van der Waals surface area contributed by atoms with Crippen LogP contribution in [0.3, 0.4) is 0 Å². The van der Waals surface area contributed by atoms with Gasteiger partial charge in [0.15, 0.2) is 0 Å². The zero-order valence-electron chi connectivity index (χ0n) is 13.2. The lowest BCUT2D eigenvalue weighted by Gasteiger charge is -2.20. The fourth-order valence-corrected chi connectivity index (χ4v) is 4.09. The summed E-state index contributed by atoms with van der Waals surface area (Å²) in [7, 11) is -1.14. The molecule has 1 unspecified atom stereocenters. The van der Waals surface area contributed by atoms with Crippen molar-refractivity contribution >= 4 is 13.3 Å². The molecule has 1 fully saturated rings. The average molecular weight is 276 g/mol. The van der Waals surface area contributed by atoms with Crippen LogP contribution in [-0.2, 0) is 6.54 Å². The summed E-state index contributed by atoms with van der Waals surface area (Å²) in [6.07, 6.45) is 1.38. The van der Waals surface area contributed by atoms with Crippen molar-refractivity contribution in [3.63, 3.8) is 0 Å². The van der Waals surface area contributed by atoms with E-state index < -0.39 is 8.07 Å². The Bertz CT molecular complexity index is 402. The van der Waals surface area contributed by atoms with Crippen LogP contribution in [0.15, 0.2) is 24.3 Å². The highest BCUT2D eigenvalue weighted by Gasteiger charge is 2.24. The number of hydrogen-bond donors (Lipinski definition) is 0. The van der Waals surface area contributed by atoms with Gasteiger partial charge < -0.3 is 0 Å². The molecule has 0 bridgehead atoms. The number of likely N-dealkylation sites (tertiary alicyclic amines) is 1. The summed E-state index contributed by atoms with van der Waals surface area (Å²) >= 11 is 0. The van der Waals surface area contributed by atoms with Gasteiger partial charge in [0.1, 0.15) is 0 Å². The molecule has 0 aromatic heterocycles. The highest BCUT2D eigenvalue weighted by molar-refractivity contribution is 6.88. The summed E-state index contributed by atoms with van der Waals surface area (Å²) in [5.41, 5.74) is 1.48. The van der Waals surface area contributed by atoms with Crippen LogP contribution >= 0.6 is 0 Å². The van der Waals surface area contributed by atoms with Crippen molar-refractivity contribution in [2.24, 2.45) is 11.8 Å². The third kappa shape index (κ3) is 3.93. The summed E-state index contributed by atoms with van der Waals surface area (Å²) in [4.78, 5) is 2.62. The van der Waals surface area contributed by atoms with E-state index in [1.807, 2.05) is 0 Å². The van der Waals surface area contributed by atoms with Gasteiger partial charge in [-0.25, -0.2) is 0 Å². The van der Waals surface area contributed by atoms with Gasteiger partial charge >= 0.3 is 0 Å². The van der Waals surface area contributed by atoms with E-state index in [9.17, 15) is 0 Å². The number of nitrogens with zero attached hydrogens (tertiary/aromatic N) is 1. The van der Waals surface area contributed by atoms with Crippen LogP contribution in [0.4, 0.5) is 0 Å². The predicted molar refractivity (Wildman–Crippen MR) is 87.6 cm³/mol. The lowest BCUT2D eigenvalue weighted by Crippen LogP contribution is -2.37. The number of rotatable bonds is 4. The minimum Gasteiger partial charge on any atom is -0.299 e. The third-order valence-corrected chi connectivity index (χ3v) is 6.54. The van der Waals surface area contributed by atoms with E-state index in [0.717, 1.165) is 18.4 Å². The van der Waals surface area contributed by atoms with Crippen molar-refractivity contribution in [1.82, 2.24) is 4.90 Å². The maximum atomic E-state index is 2.62. The minimum absolute atomic E-state index is 0.833. The van der Waals surface area contributed by atoms with E-state index in [0.29, 0.717) is 0 Å². The van der Waals surface area contributed by atoms with Crippen molar-refractivity contribution in [3.8, 4) is 0 Å². The van der Waals surface area contributed by atoms with Crippen molar-refractivity contribution in [3.05, 3.63) is 29.8 Å². The van der Waals surface area contributed by atoms with E-state index in [2.05, 4.69) is 62.7 Å². The molecule has 1 heterocycles. The molecule has 19 heavy (non-hydrogen) atoms. The molecule has 0 saturated carbocycles. The highest BCUT2D eigenvalue weighted by atomic mass is 28.3. The Kier molecular flexibility index (Phi) is 4.52. The molecule has 0 N–H and O–H groups in total. The standard InChI is InChI=1S/C17H29NSi/c1-14(2)16-10-11-18(13-16)12-15-6-8-17(9-7-15)19(3,4)5/h6-9,14,16H,10-13H2,1-5H3. The van der Waals surface area contributed by atoms with E-state index in [1.54, 1.807) is 5.19 Å². The molecule has 0 radical (unpaired) electrons. The van der Waals surface area contributed by atoms with Crippen molar-refractivity contribution < 1.29 is 0 Å². The monoisotopic (exact) mass is 275 g/mol. The average Bonchev–Trinajstić information content (AvgIpc) is 2.77. The van der Waals surface area contributed by atoms with Crippen LogP contribution in [0.25, 0.3) is 0 Å². The second-order valence-electron chi connectivity index (χ2n) is 7.47. The molecule has 106 valence electrons. The van der Waals surface area contributed by atoms with Gasteiger partial charge in [0.25, 0.3) is 0 Å². The zero-order chi connectivity index (χ0) is 14.0. The molecule has 1 aliphatic heterocycles. The van der Waals surface area contributed by atoms with E-state index >= 15 is 0 Å². The van der Waals surface area contributed by atoms with E-state index in [4.69, 9.17) is 0 Å². The molecule has 1 saturated heterocycles. The van der Waals surface area contributed by atoms with Crippen LogP contribution in [-0.4, -0.2) is 26.1 Å². The van der Waals surface area contributed by atoms with Crippen LogP contribution in [0, 0.1) is 11.8 Å². The summed E-state index contributed by atoms with van der Waals surface area (Å²) < 4.78 is 0. The van der Waals surface area contributed by atoms with E-state index in [-0.39, 0.29) is 0 Å². The SMILES string of the molecule is CC(C)C1CCN(Cc2ccc([Si](C)(C)C)cc2)C1. The number of benzene rings is 1. The molecular weight excluding hydrogens is 246 g/mol. The van der Waals surface area contributed by atoms with Gasteiger partial charge in [0.05, 0.1) is 8.07 Å². The van der Waals surface area contributed by atoms with Crippen LogP contribution < -0.4 is 5.19 Å². The molecule has 1 nitrogen and oxygen atoms in total. The molecule has 2 heteroatoms. The Morgan fingerprint density at radius 2 is 1.79 bits per heavy atom. The van der Waals surface area contributed by atoms with Gasteiger partial charge in [-0.15, -0.1) is 0 Å². The minimum atomic E-state index is -1.14. The van der Waals surface area contributed by atoms with Crippen molar-refractivity contribution in [2.45, 2.75) is 46.5 Å². The van der Waals surface area contributed by atoms with Crippen LogP contribution in [0.2, 0.25) is 19.6 Å². The molecule has 1 aliphatic rings. The summed E-state index contributed by atoms with van der Waals surface area (Å²) in [5.74, 6) is 1.74. The van der Waals surface area contributed by atoms with Crippen molar-refractivity contribution in [1.29, 1.82) is 0 Å². The Morgan fingerprint density at radius 3 is 2.26 bits per heavy atom. The predicted octanol–water partition coefficient (Wildman–Crippen LogP) is 3.71. The second kappa shape index (κ2) is 5.80. The topological polar surface area (TPSA) is 3.24 Å². The molecule has 0 aliphatic carbocycles. The zero-order valence-corrected chi connectivity index (χ0v) is 14.2. The molecular formula is C17H29NSi. The van der Waals surface area contributed by atoms with Gasteiger partial charge in [-0.2, -0.15) is 0 Å². The van der Waals surface area contributed by atoms with Gasteiger partial charge in [0, 0.05) is 13.1 Å². The second-order valence-corrected chi connectivity index (χ2v) is 12.6.